The molecular formula is C56H74F3N11O11S5. The molecule has 3 atom stereocenters. The number of likely N-dealkylation sites (tertiary alicyclic amines) is 1. The monoisotopic (exact) mass is 1290 g/mol. The van der Waals surface area contributed by atoms with E-state index in [4.69, 9.17) is 42.1 Å². The van der Waals surface area contributed by atoms with Gasteiger partial charge in [-0.3, -0.25) is 9.80 Å². The Kier molecular flexibility index (Phi) is 27.2. The van der Waals surface area contributed by atoms with Crippen molar-refractivity contribution in [3.05, 3.63) is 123 Å². The molecule has 0 radical (unpaired) electrons. The first kappa shape index (κ1) is 72.0. The van der Waals surface area contributed by atoms with Crippen molar-refractivity contribution in [3.63, 3.8) is 0 Å². The van der Waals surface area contributed by atoms with Crippen LogP contribution < -0.4 is 9.50 Å². The number of nitrogens with one attached hydrogen (secondary N) is 1. The van der Waals surface area contributed by atoms with Crippen LogP contribution in [0.5, 0.6) is 5.88 Å². The van der Waals surface area contributed by atoms with Crippen LogP contribution in [-0.2, 0) is 68.2 Å². The van der Waals surface area contributed by atoms with E-state index in [9.17, 15) is 40.8 Å². The number of hydrogen-bond donors (Lipinski definition) is 1. The zero-order valence-electron chi connectivity index (χ0n) is 49.1. The fourth-order valence-electron chi connectivity index (χ4n) is 9.21. The number of piperazine rings is 1. The van der Waals surface area contributed by atoms with Crippen molar-refractivity contribution in [2.75, 3.05) is 64.9 Å². The van der Waals surface area contributed by atoms with Crippen molar-refractivity contribution in [1.82, 2.24) is 44.9 Å². The minimum absolute atomic E-state index is 0. The smallest absolute Gasteiger partial charge is 0.445 e. The van der Waals surface area contributed by atoms with Gasteiger partial charge in [0.25, 0.3) is 0 Å². The lowest BCUT2D eigenvalue weighted by Gasteiger charge is -2.37. The quantitative estimate of drug-likeness (QED) is 0.0367. The summed E-state index contributed by atoms with van der Waals surface area (Å²) in [6, 6.07) is 18.8. The van der Waals surface area contributed by atoms with Gasteiger partial charge < -0.3 is 47.9 Å². The second kappa shape index (κ2) is 32.5. The second-order valence-corrected chi connectivity index (χ2v) is 24.7. The maximum Gasteiger partial charge on any atom is 0.534 e. The van der Waals surface area contributed by atoms with Crippen LogP contribution in [-0.4, -0.2) is 166 Å². The fourth-order valence-corrected chi connectivity index (χ4v) is 10.4. The van der Waals surface area contributed by atoms with Gasteiger partial charge in [0.1, 0.15) is 36.5 Å². The Balaban J connectivity index is 0.000000290. The van der Waals surface area contributed by atoms with E-state index >= 15 is 0 Å². The van der Waals surface area contributed by atoms with Gasteiger partial charge in [-0.25, -0.2) is 47.3 Å². The van der Waals surface area contributed by atoms with Gasteiger partial charge in [0, 0.05) is 50.7 Å². The molecule has 4 amide bonds. The number of nitrogens with zero attached hydrogens (tertiary/aromatic N) is 10. The number of piperidine rings is 1. The number of hydrogen-bond acceptors (Lipinski definition) is 18. The van der Waals surface area contributed by atoms with Crippen LogP contribution in [0.4, 0.5) is 32.3 Å². The van der Waals surface area contributed by atoms with Gasteiger partial charge >= 0.3 is 40.0 Å². The van der Waals surface area contributed by atoms with Gasteiger partial charge in [0.2, 0.25) is 19.0 Å². The molecule has 8 rings (SSSR count). The minimum Gasteiger partial charge on any atom is -0.445 e. The lowest BCUT2D eigenvalue weighted by atomic mass is 9.84. The van der Waals surface area contributed by atoms with Crippen LogP contribution in [0.2, 0.25) is 0 Å². The van der Waals surface area contributed by atoms with Crippen molar-refractivity contribution in [1.29, 1.82) is 0 Å². The van der Waals surface area contributed by atoms with E-state index in [1.807, 2.05) is 87.7 Å². The Hall–Kier alpha value is -6.44. The zero-order chi connectivity index (χ0) is 61.4. The number of fused-ring (bicyclic) bond motifs is 2. The number of benzene rings is 2. The lowest BCUT2D eigenvalue weighted by Crippen LogP contribution is -2.54. The summed E-state index contributed by atoms with van der Waals surface area (Å²) in [4.78, 5) is 80.8. The molecule has 22 nitrogen and oxygen atoms in total. The van der Waals surface area contributed by atoms with Gasteiger partial charge in [0.15, 0.2) is 10.3 Å². The number of thioether (sulfide) groups is 2. The number of carbonyl (C=O) groups excluding carboxylic acids is 4. The van der Waals surface area contributed by atoms with Crippen molar-refractivity contribution in [2.24, 2.45) is 0 Å². The third-order valence-electron chi connectivity index (χ3n) is 13.2. The summed E-state index contributed by atoms with van der Waals surface area (Å²) in [5.74, 6) is -0.582. The SMILES string of the molecule is CSc1nc2c(c(OS(=O)(=O)C(F)(F)F)n1)CCN(C(=O)OC(C)(C)C)C2.S.S.[C-]#[N+]C[C@H]1CC(c2nc(SC)nc3c2CCN(C(=O)OC(C)(C)C)C3)CCN1C(=O)OCc1ccccc1.[C-]#[N+]C[C@H]1CNCCN1C(=O)OCc1ccccc1. The van der Waals surface area contributed by atoms with Crippen LogP contribution in [0.15, 0.2) is 71.0 Å². The first-order valence-electron chi connectivity index (χ1n) is 26.9. The third-order valence-corrected chi connectivity index (χ3v) is 15.2. The molecule has 86 heavy (non-hydrogen) atoms. The summed E-state index contributed by atoms with van der Waals surface area (Å²) < 4.78 is 86.5. The highest BCUT2D eigenvalue weighted by molar-refractivity contribution is 7.98. The molecule has 1 unspecified atom stereocenters. The molecule has 4 aliphatic rings. The van der Waals surface area contributed by atoms with Crippen molar-refractivity contribution in [2.45, 2.75) is 139 Å². The predicted octanol–water partition coefficient (Wildman–Crippen LogP) is 9.76. The molecule has 2 saturated heterocycles. The number of amides is 4. The number of halogens is 3. The summed E-state index contributed by atoms with van der Waals surface area (Å²) in [6.07, 6.45) is 3.86. The number of alkyl halides is 3. The average molecular weight is 1290 g/mol. The van der Waals surface area contributed by atoms with Crippen LogP contribution in [0.3, 0.4) is 0 Å². The summed E-state index contributed by atoms with van der Waals surface area (Å²) in [7, 11) is -5.87. The molecular weight excluding hydrogens is 1220 g/mol. The van der Waals surface area contributed by atoms with E-state index in [0.29, 0.717) is 57.3 Å². The minimum atomic E-state index is -5.87. The summed E-state index contributed by atoms with van der Waals surface area (Å²) in [5, 5.41) is 3.87. The van der Waals surface area contributed by atoms with E-state index in [1.165, 1.54) is 16.7 Å². The normalized spacial score (nSPS) is 17.5. The molecule has 1 N–H and O–H groups in total. The molecule has 6 heterocycles. The maximum atomic E-state index is 13.0. The third kappa shape index (κ3) is 20.9. The van der Waals surface area contributed by atoms with Gasteiger partial charge in [-0.15, -0.1) is 0 Å². The first-order valence-corrected chi connectivity index (χ1v) is 30.7. The topological polar surface area (TPSA) is 234 Å². The molecule has 0 aliphatic carbocycles. The molecule has 2 fully saturated rings. The maximum absolute atomic E-state index is 13.0. The molecule has 4 aliphatic heterocycles. The van der Waals surface area contributed by atoms with Gasteiger partial charge in [-0.2, -0.15) is 53.6 Å². The van der Waals surface area contributed by atoms with E-state index in [0.717, 1.165) is 52.8 Å². The lowest BCUT2D eigenvalue weighted by molar-refractivity contribution is -0.0502. The van der Waals surface area contributed by atoms with Crippen molar-refractivity contribution >= 4 is 85.0 Å². The Labute approximate surface area is 523 Å². The molecule has 470 valence electrons. The van der Waals surface area contributed by atoms with Crippen molar-refractivity contribution < 1.29 is 63.9 Å². The predicted molar refractivity (Wildman–Crippen MR) is 327 cm³/mol. The van der Waals surface area contributed by atoms with Crippen LogP contribution in [0.1, 0.15) is 99.6 Å². The highest BCUT2D eigenvalue weighted by Gasteiger charge is 2.49. The molecule has 2 aromatic heterocycles. The molecule has 0 spiro atoms. The highest BCUT2D eigenvalue weighted by Crippen LogP contribution is 2.37. The second-order valence-electron chi connectivity index (χ2n) is 21.6. The molecule has 2 aromatic carbocycles. The summed E-state index contributed by atoms with van der Waals surface area (Å²) in [6.45, 7) is 29.5. The number of aromatic nitrogens is 4. The average Bonchev–Trinajstić information content (AvgIpc) is 1.10. The molecule has 0 saturated carbocycles. The number of ether oxygens (including phenoxy) is 4. The summed E-state index contributed by atoms with van der Waals surface area (Å²) >= 11 is 2.47. The molecule has 30 heteroatoms. The standard InChI is InChI=1S/C28H35N5O4S.C14H18F3N3O5S2.C14H17N3O2.2H2S/c1-28(2,3)37-26(34)32-13-12-22-23(17-32)30-25(38-5)31-24(22)20-11-14-33(21(15-20)16-29-4)27(35)36-18-19-9-7-6-8-10-19;1-13(2,3)24-12(21)20-6-5-8-9(7-20)18-11(26-4)19-10(8)25-27(22,23)14(15,16)17;1-15-9-13-10-16-7-8-17(13)14(18)19-11-12-5-3-2-4-6-12;;/h6-10,20-21H,11-18H2,1-3,5H3;5-7H2,1-4H3;2-6,13,16H,7-11H2;2*1H2/t20?,21-;;13-;;/m1.0../s1. The van der Waals surface area contributed by atoms with E-state index in [2.05, 4.69) is 29.2 Å². The van der Waals surface area contributed by atoms with E-state index in [1.54, 1.807) is 41.7 Å². The molecule has 4 aromatic rings. The summed E-state index contributed by atoms with van der Waals surface area (Å²) in [5.41, 5.74) is -1.74. The number of rotatable bonds is 11. The van der Waals surface area contributed by atoms with Gasteiger partial charge in [-0.1, -0.05) is 84.2 Å². The van der Waals surface area contributed by atoms with Crippen LogP contribution in [0, 0.1) is 13.1 Å². The van der Waals surface area contributed by atoms with E-state index < -0.39 is 38.8 Å². The first-order chi connectivity index (χ1) is 39.7. The fraction of sp³-hybridized carbons (Fsp3) is 0.536. The number of carbonyl (C=O) groups is 4. The molecule has 0 bridgehead atoms. The van der Waals surface area contributed by atoms with Crippen LogP contribution in [0.25, 0.3) is 9.69 Å². The van der Waals surface area contributed by atoms with Crippen LogP contribution >= 0.6 is 50.5 Å². The van der Waals surface area contributed by atoms with E-state index in [-0.39, 0.29) is 119 Å². The Morgan fingerprint density at radius 3 is 1.60 bits per heavy atom. The van der Waals surface area contributed by atoms with Crippen molar-refractivity contribution in [3.8, 4) is 5.88 Å². The Morgan fingerprint density at radius 1 is 0.663 bits per heavy atom. The Morgan fingerprint density at radius 2 is 1.13 bits per heavy atom. The highest BCUT2D eigenvalue weighted by atomic mass is 32.2. The zero-order valence-corrected chi connectivity index (χ0v) is 53.6. The van der Waals surface area contributed by atoms with Gasteiger partial charge in [0.05, 0.1) is 30.2 Å². The Bertz CT molecular complexity index is 3130. The largest absolute Gasteiger partial charge is 0.534 e. The van der Waals surface area contributed by atoms with Gasteiger partial charge in [-0.05, 0) is 96.4 Å².